The zero-order valence-electron chi connectivity index (χ0n) is 24.1. The maximum absolute atomic E-state index is 12.2. The molecule has 18 heteroatoms. The van der Waals surface area contributed by atoms with E-state index in [1.807, 2.05) is 26.0 Å². The normalized spacial score (nSPS) is 16.4. The first kappa shape index (κ1) is 37.6. The lowest BCUT2D eigenvalue weighted by Crippen LogP contribution is -2.08. The largest absolute Gasteiger partial charge is 0.673 e. The van der Waals surface area contributed by atoms with E-state index in [0.717, 1.165) is 50.0 Å². The topological polar surface area (TPSA) is 105 Å². The van der Waals surface area contributed by atoms with Crippen LogP contribution in [0.4, 0.5) is 17.3 Å². The Bertz CT molecular complexity index is 1430. The molecule has 8 nitrogen and oxygen atoms in total. The molecule has 44 heavy (non-hydrogen) atoms. The molecular weight excluding hydrogens is 691 g/mol. The molecule has 0 aromatic carbocycles. The van der Waals surface area contributed by atoms with E-state index in [0.29, 0.717) is 5.03 Å². The van der Waals surface area contributed by atoms with Crippen molar-refractivity contribution in [2.24, 2.45) is 0 Å². The summed E-state index contributed by atoms with van der Waals surface area (Å²) in [4.78, 5) is 49.6. The van der Waals surface area contributed by atoms with Crippen molar-refractivity contribution in [3.8, 4) is 0 Å². The SMILES string of the molecule is COC(=O)C1=C(C(=O)OC)SC(=C(C)/C=C2\CCCC(/C=C(\C)c3sc(C(=O)OC)c(C(=O)OC)[s+]3)=C2Cl)S1.F[B-](F)(F)F. The fourth-order valence-corrected chi connectivity index (χ4v) is 8.76. The van der Waals surface area contributed by atoms with E-state index in [9.17, 15) is 36.4 Å². The molecule has 0 spiro atoms. The summed E-state index contributed by atoms with van der Waals surface area (Å²) in [5, 5.41) is 0.617. The van der Waals surface area contributed by atoms with Crippen LogP contribution in [0.1, 0.15) is 56.6 Å². The Morgan fingerprint density at radius 2 is 1.34 bits per heavy atom. The first-order chi connectivity index (χ1) is 20.6. The van der Waals surface area contributed by atoms with Crippen LogP contribution in [0.15, 0.2) is 48.0 Å². The molecule has 0 bridgehead atoms. The van der Waals surface area contributed by atoms with Gasteiger partial charge in [0.2, 0.25) is 0 Å². The minimum absolute atomic E-state index is 0.196. The second kappa shape index (κ2) is 16.6. The Labute approximate surface area is 272 Å². The highest BCUT2D eigenvalue weighted by molar-refractivity contribution is 8.29. The molecule has 0 fully saturated rings. The molecule has 0 amide bonds. The number of allylic oxidation sites excluding steroid dienone is 7. The van der Waals surface area contributed by atoms with Crippen LogP contribution in [0.25, 0.3) is 5.57 Å². The van der Waals surface area contributed by atoms with E-state index >= 15 is 0 Å². The monoisotopic (exact) mass is 716 g/mol. The number of halogens is 5. The van der Waals surface area contributed by atoms with Crippen molar-refractivity contribution in [3.05, 3.63) is 61.9 Å². The highest BCUT2D eigenvalue weighted by Crippen LogP contribution is 2.52. The number of hydrogen-bond donors (Lipinski definition) is 0. The Kier molecular flexibility index (Phi) is 14.2. The Hall–Kier alpha value is -2.60. The quantitative estimate of drug-likeness (QED) is 0.0901. The molecule has 1 aliphatic heterocycles. The van der Waals surface area contributed by atoms with Gasteiger partial charge in [0.1, 0.15) is 32.5 Å². The molecule has 0 atom stereocenters. The highest BCUT2D eigenvalue weighted by Gasteiger charge is 2.36. The molecule has 3 rings (SSSR count). The van der Waals surface area contributed by atoms with Crippen LogP contribution in [0.3, 0.4) is 0 Å². The number of rotatable bonds is 7. The third-order valence-corrected chi connectivity index (χ3v) is 11.6. The van der Waals surface area contributed by atoms with Gasteiger partial charge in [-0.3, -0.25) is 0 Å². The summed E-state index contributed by atoms with van der Waals surface area (Å²) in [7, 11) is -0.948. The number of methoxy groups -OCH3 is 4. The summed E-state index contributed by atoms with van der Waals surface area (Å²) in [6.45, 7) is 3.79. The van der Waals surface area contributed by atoms with Crippen molar-refractivity contribution >= 4 is 94.5 Å². The van der Waals surface area contributed by atoms with E-state index in [-0.39, 0.29) is 19.6 Å². The second-order valence-electron chi connectivity index (χ2n) is 8.63. The van der Waals surface area contributed by atoms with Gasteiger partial charge < -0.3 is 36.2 Å². The minimum Gasteiger partial charge on any atom is -0.465 e. The van der Waals surface area contributed by atoms with Gasteiger partial charge in [0.05, 0.1) is 32.7 Å². The fourth-order valence-electron chi connectivity index (χ4n) is 3.63. The van der Waals surface area contributed by atoms with Crippen molar-refractivity contribution in [1.82, 2.24) is 0 Å². The first-order valence-corrected chi connectivity index (χ1v) is 16.0. The van der Waals surface area contributed by atoms with Crippen molar-refractivity contribution in [3.63, 3.8) is 0 Å². The summed E-state index contributed by atoms with van der Waals surface area (Å²) in [6, 6.07) is 0. The number of thioether (sulfide) groups is 2. The van der Waals surface area contributed by atoms with Gasteiger partial charge in [-0.15, -0.1) is 0 Å². The average molecular weight is 717 g/mol. The van der Waals surface area contributed by atoms with E-state index in [4.69, 9.17) is 30.5 Å². The van der Waals surface area contributed by atoms with Crippen molar-refractivity contribution < 1.29 is 55.4 Å². The molecule has 0 unspecified atom stereocenters. The zero-order valence-corrected chi connectivity index (χ0v) is 28.2. The summed E-state index contributed by atoms with van der Waals surface area (Å²) < 4.78 is 59.8. The van der Waals surface area contributed by atoms with Gasteiger partial charge >= 0.3 is 31.1 Å². The predicted octanol–water partition coefficient (Wildman–Crippen LogP) is 8.24. The Balaban J connectivity index is 0.00000125. The number of hydrogen-bond acceptors (Lipinski definition) is 11. The third kappa shape index (κ3) is 10.2. The van der Waals surface area contributed by atoms with E-state index in [2.05, 4.69) is 0 Å². The summed E-state index contributed by atoms with van der Waals surface area (Å²) >= 11 is 11.5. The first-order valence-electron chi connectivity index (χ1n) is 12.3. The summed E-state index contributed by atoms with van der Waals surface area (Å²) in [6.07, 6.45) is 6.33. The van der Waals surface area contributed by atoms with Gasteiger partial charge in [0.25, 0.3) is 13.9 Å². The maximum atomic E-state index is 12.2. The molecule has 2 aliphatic rings. The van der Waals surface area contributed by atoms with Gasteiger partial charge in [0.15, 0.2) is 0 Å². The molecular formula is C26H26BClF4O8S4. The Morgan fingerprint density at radius 1 is 0.841 bits per heavy atom. The predicted molar refractivity (Wildman–Crippen MR) is 167 cm³/mol. The van der Waals surface area contributed by atoms with Crippen LogP contribution in [0, 0.1) is 0 Å². The van der Waals surface area contributed by atoms with Crippen LogP contribution in [-0.4, -0.2) is 59.6 Å². The second-order valence-corrected chi connectivity index (χ2v) is 13.6. The maximum Gasteiger partial charge on any atom is 0.673 e. The Morgan fingerprint density at radius 3 is 1.82 bits per heavy atom. The number of ether oxygens (including phenoxy) is 4. The van der Waals surface area contributed by atoms with Crippen molar-refractivity contribution in [2.75, 3.05) is 28.4 Å². The van der Waals surface area contributed by atoms with Crippen molar-refractivity contribution in [1.29, 1.82) is 0 Å². The zero-order chi connectivity index (χ0) is 33.4. The van der Waals surface area contributed by atoms with Crippen LogP contribution in [0.2, 0.25) is 0 Å². The average Bonchev–Trinajstić information content (AvgIpc) is 3.63. The molecule has 0 N–H and O–H groups in total. The summed E-state index contributed by atoms with van der Waals surface area (Å²) in [5.74, 6) is -2.38. The van der Waals surface area contributed by atoms with E-state index < -0.39 is 31.1 Å². The molecule has 240 valence electrons. The van der Waals surface area contributed by atoms with Gasteiger partial charge in [-0.05, 0) is 55.9 Å². The molecule has 0 radical (unpaired) electrons. The van der Waals surface area contributed by atoms with Crippen LogP contribution >= 0.6 is 57.8 Å². The fraction of sp³-hybridized carbons (Fsp3) is 0.346. The third-order valence-electron chi connectivity index (χ3n) is 5.56. The summed E-state index contributed by atoms with van der Waals surface area (Å²) in [5.41, 5.74) is 3.57. The molecule has 1 aliphatic carbocycles. The standard InChI is InChI=1S/C26H26ClO8S4.BF4/c1-12(25-36-17(21(28)32-3)18(37-25)22(29)33-4)10-14-8-7-9-15(16(14)27)11-13(2)26-38-19(23(30)34-5)20(39-26)24(31)35-6;2-1(3,4)5/h10-11H,7-9H2,1-6H3;/q+1;-1. The molecule has 0 saturated heterocycles. The lowest BCUT2D eigenvalue weighted by molar-refractivity contribution is -0.138. The molecule has 0 saturated carbocycles. The van der Waals surface area contributed by atoms with Gasteiger partial charge in [-0.2, -0.15) is 0 Å². The highest BCUT2D eigenvalue weighted by atomic mass is 35.5. The van der Waals surface area contributed by atoms with Crippen LogP contribution in [0.5, 0.6) is 0 Å². The van der Waals surface area contributed by atoms with Gasteiger partial charge in [0, 0.05) is 10.6 Å². The van der Waals surface area contributed by atoms with Gasteiger partial charge in [-0.25, -0.2) is 19.2 Å². The van der Waals surface area contributed by atoms with Crippen LogP contribution < -0.4 is 0 Å². The molecule has 2 heterocycles. The van der Waals surface area contributed by atoms with Crippen molar-refractivity contribution in [2.45, 2.75) is 33.1 Å². The number of carbonyl (C=O) groups is 4. The van der Waals surface area contributed by atoms with Gasteiger partial charge in [-0.1, -0.05) is 41.2 Å². The van der Waals surface area contributed by atoms with E-state index in [1.165, 1.54) is 74.6 Å². The van der Waals surface area contributed by atoms with Crippen LogP contribution in [-0.2, 0) is 28.5 Å². The number of esters is 4. The molecule has 1 aromatic heterocycles. The lowest BCUT2D eigenvalue weighted by Gasteiger charge is -2.18. The van der Waals surface area contributed by atoms with E-state index in [1.54, 1.807) is 0 Å². The molecule has 1 aromatic rings. The minimum atomic E-state index is -6.00. The number of carbonyl (C=O) groups excluding carboxylic acids is 4. The lowest BCUT2D eigenvalue weighted by atomic mass is 9.93. The smallest absolute Gasteiger partial charge is 0.465 e.